The number of alkyl carbamates (subject to hydrolysis) is 1. The Hall–Kier alpha value is -2.93. The van der Waals surface area contributed by atoms with Crippen molar-refractivity contribution in [2.75, 3.05) is 38.8 Å². The van der Waals surface area contributed by atoms with Crippen molar-refractivity contribution in [2.45, 2.75) is 52.0 Å². The number of hydrogen-bond donors (Lipinski definition) is 6. The number of ether oxygens (including phenoxy) is 1. The Morgan fingerprint density at radius 1 is 1.00 bits per heavy atom. The van der Waals surface area contributed by atoms with E-state index in [1.807, 2.05) is 30.3 Å². The third-order valence-electron chi connectivity index (χ3n) is 6.89. The predicted molar refractivity (Wildman–Crippen MR) is 167 cm³/mol. The van der Waals surface area contributed by atoms with Crippen molar-refractivity contribution >= 4 is 51.4 Å². The van der Waals surface area contributed by atoms with Gasteiger partial charge in [0.05, 0.1) is 0 Å². The van der Waals surface area contributed by atoms with Crippen LogP contribution in [0.3, 0.4) is 0 Å². The van der Waals surface area contributed by atoms with Crippen LogP contribution in [-0.4, -0.2) is 79.5 Å². The minimum absolute atomic E-state index is 0.0286. The second-order valence-corrected chi connectivity index (χ2v) is 13.2. The van der Waals surface area contributed by atoms with Gasteiger partial charge in [-0.05, 0) is 43.1 Å². The van der Waals surface area contributed by atoms with Crippen molar-refractivity contribution < 1.29 is 19.1 Å². The Kier molecular flexibility index (Phi) is 15.5. The molecule has 1 aliphatic carbocycles. The van der Waals surface area contributed by atoms with Crippen LogP contribution in [0.4, 0.5) is 4.79 Å². The molecule has 0 saturated heterocycles. The molecule has 0 aromatic heterocycles. The number of carbonyl (C=O) groups is 3. The van der Waals surface area contributed by atoms with Gasteiger partial charge in [0.1, 0.15) is 12.6 Å². The van der Waals surface area contributed by atoms with Crippen molar-refractivity contribution in [1.29, 1.82) is 10.8 Å². The van der Waals surface area contributed by atoms with Gasteiger partial charge in [0.2, 0.25) is 17.8 Å². The van der Waals surface area contributed by atoms with Crippen molar-refractivity contribution in [3.63, 3.8) is 0 Å². The first kappa shape index (κ1) is 34.3. The predicted octanol–water partition coefficient (Wildman–Crippen LogP) is 3.42. The molecule has 1 aromatic rings. The zero-order chi connectivity index (χ0) is 30.2. The van der Waals surface area contributed by atoms with Crippen LogP contribution in [0.5, 0.6) is 0 Å². The topological polar surface area (TPSA) is 160 Å². The van der Waals surface area contributed by atoms with Crippen molar-refractivity contribution in [2.24, 2.45) is 17.8 Å². The molecule has 0 heterocycles. The fourth-order valence-corrected chi connectivity index (χ4v) is 6.16. The lowest BCUT2D eigenvalue weighted by atomic mass is 9.76. The maximum absolute atomic E-state index is 13.1. The van der Waals surface area contributed by atoms with E-state index in [2.05, 4.69) is 35.1 Å². The number of amides is 3. The fraction of sp³-hybridized carbons (Fsp3) is 0.607. The highest BCUT2D eigenvalue weighted by atomic mass is 33.1. The first-order valence-electron chi connectivity index (χ1n) is 14.0. The number of carbonyl (C=O) groups excluding carboxylic acids is 3. The molecule has 0 spiro atoms. The van der Waals surface area contributed by atoms with Crippen LogP contribution in [0.25, 0.3) is 0 Å². The van der Waals surface area contributed by atoms with E-state index < -0.39 is 12.1 Å². The van der Waals surface area contributed by atoms with E-state index in [9.17, 15) is 14.4 Å². The molecule has 1 fully saturated rings. The summed E-state index contributed by atoms with van der Waals surface area (Å²) in [5.41, 5.74) is 0.993. The Morgan fingerprint density at radius 3 is 2.29 bits per heavy atom. The molecule has 0 radical (unpaired) electrons. The van der Waals surface area contributed by atoms with Gasteiger partial charge in [-0.25, -0.2) is 4.79 Å². The first-order chi connectivity index (χ1) is 19.6. The summed E-state index contributed by atoms with van der Waals surface area (Å²) < 4.78 is 5.03. The Bertz CT molecular complexity index is 1000. The third-order valence-corrected chi connectivity index (χ3v) is 9.26. The highest BCUT2D eigenvalue weighted by Crippen LogP contribution is 2.33. The summed E-state index contributed by atoms with van der Waals surface area (Å²) in [6.45, 7) is 5.07. The normalized spacial score (nSPS) is 17.2. The quantitative estimate of drug-likeness (QED) is 0.0861. The van der Waals surface area contributed by atoms with Gasteiger partial charge in [-0.15, -0.1) is 0 Å². The molecule has 1 saturated carbocycles. The summed E-state index contributed by atoms with van der Waals surface area (Å²) in [6.07, 6.45) is 3.51. The van der Waals surface area contributed by atoms with Gasteiger partial charge in [0, 0.05) is 44.5 Å². The average Bonchev–Trinajstić information content (AvgIpc) is 2.94. The maximum Gasteiger partial charge on any atom is 0.413 e. The summed E-state index contributed by atoms with van der Waals surface area (Å²) in [6, 6.07) is 9.08. The molecule has 2 rings (SSSR count). The zero-order valence-electron chi connectivity index (χ0n) is 24.5. The molecule has 3 amide bonds. The minimum Gasteiger partial charge on any atom is -0.448 e. The van der Waals surface area contributed by atoms with Crippen molar-refractivity contribution in [1.82, 2.24) is 26.2 Å². The van der Waals surface area contributed by atoms with E-state index in [4.69, 9.17) is 15.6 Å². The van der Waals surface area contributed by atoms with Gasteiger partial charge in [0.25, 0.3) is 0 Å². The molecule has 228 valence electrons. The van der Waals surface area contributed by atoms with Gasteiger partial charge in [-0.1, -0.05) is 65.8 Å². The lowest BCUT2D eigenvalue weighted by Gasteiger charge is -2.31. The molecular formula is C28H45N7O4S2. The van der Waals surface area contributed by atoms with E-state index in [-0.39, 0.29) is 36.3 Å². The second-order valence-electron chi connectivity index (χ2n) is 10.5. The maximum atomic E-state index is 13.1. The summed E-state index contributed by atoms with van der Waals surface area (Å²) >= 11 is 0. The molecular weight excluding hydrogens is 562 g/mol. The number of nitrogens with zero attached hydrogens (tertiary/aromatic N) is 1. The molecule has 0 aliphatic heterocycles. The Labute approximate surface area is 251 Å². The van der Waals surface area contributed by atoms with Crippen LogP contribution >= 0.6 is 21.6 Å². The lowest BCUT2D eigenvalue weighted by molar-refractivity contribution is -0.132. The number of benzene rings is 1. The lowest BCUT2D eigenvalue weighted by Crippen LogP contribution is -2.50. The Morgan fingerprint density at radius 2 is 1.66 bits per heavy atom. The minimum atomic E-state index is -0.772. The number of nitrogens with one attached hydrogen (secondary N) is 6. The van der Waals surface area contributed by atoms with Gasteiger partial charge in [0.15, 0.2) is 5.96 Å². The smallest absolute Gasteiger partial charge is 0.413 e. The van der Waals surface area contributed by atoms with Crippen LogP contribution < -0.4 is 21.3 Å². The number of hydrogen-bond acceptors (Lipinski definition) is 8. The van der Waals surface area contributed by atoms with Crippen LogP contribution in [0.15, 0.2) is 30.3 Å². The van der Waals surface area contributed by atoms with Gasteiger partial charge >= 0.3 is 6.09 Å². The third kappa shape index (κ3) is 13.5. The van der Waals surface area contributed by atoms with E-state index in [1.54, 1.807) is 24.9 Å². The van der Waals surface area contributed by atoms with Crippen molar-refractivity contribution in [3.05, 3.63) is 35.9 Å². The molecule has 1 aliphatic rings. The molecule has 0 unspecified atom stereocenters. The van der Waals surface area contributed by atoms with Gasteiger partial charge < -0.3 is 20.3 Å². The number of rotatable bonds is 13. The summed E-state index contributed by atoms with van der Waals surface area (Å²) in [5, 5.41) is 25.8. The standard InChI is InChI=1S/C28H45N7O4S2/c1-19(2)21-10-12-22(13-11-21)24(36)32-23(18-20-8-6-5-7-9-20)25(37)31-14-16-40-41-17-15-39-28(38)34-26(29)33-27(30)35(3)4/h5-9,19,21-23H,10-18H2,1-4H3,(H,31,37)(H,32,36)(H4,29,30,33,34,38)/t21-,22-,23-/m1/s1. The highest BCUT2D eigenvalue weighted by molar-refractivity contribution is 8.76. The number of guanidine groups is 2. The molecule has 6 N–H and O–H groups in total. The average molecular weight is 608 g/mol. The molecule has 1 aromatic carbocycles. The first-order valence-corrected chi connectivity index (χ1v) is 16.5. The Balaban J connectivity index is 1.69. The van der Waals surface area contributed by atoms with E-state index in [1.165, 1.54) is 15.7 Å². The summed E-state index contributed by atoms with van der Waals surface area (Å²) in [5.74, 6) is 1.84. The zero-order valence-corrected chi connectivity index (χ0v) is 26.1. The molecule has 13 heteroatoms. The van der Waals surface area contributed by atoms with Crippen LogP contribution in [0.1, 0.15) is 45.1 Å². The summed E-state index contributed by atoms with van der Waals surface area (Å²) in [4.78, 5) is 39.3. The second kappa shape index (κ2) is 18.5. The largest absolute Gasteiger partial charge is 0.448 e. The van der Waals surface area contributed by atoms with Gasteiger partial charge in [-0.2, -0.15) is 0 Å². The summed E-state index contributed by atoms with van der Waals surface area (Å²) in [7, 11) is 6.33. The molecule has 11 nitrogen and oxygen atoms in total. The van der Waals surface area contributed by atoms with E-state index >= 15 is 0 Å². The monoisotopic (exact) mass is 607 g/mol. The van der Waals surface area contributed by atoms with E-state index in [0.717, 1.165) is 31.2 Å². The molecule has 41 heavy (non-hydrogen) atoms. The van der Waals surface area contributed by atoms with Crippen LogP contribution in [-0.2, 0) is 20.7 Å². The molecule has 0 bridgehead atoms. The van der Waals surface area contributed by atoms with Crippen LogP contribution in [0.2, 0.25) is 0 Å². The SMILES string of the molecule is CC(C)[C@H]1CC[C@H](C(=O)N[C@H](Cc2ccccc2)C(=O)NCCSSCCOC(=O)NC(=N)NC(=N)N(C)C)CC1. The highest BCUT2D eigenvalue weighted by Gasteiger charge is 2.30. The van der Waals surface area contributed by atoms with Crippen molar-refractivity contribution in [3.8, 4) is 0 Å². The fourth-order valence-electron chi connectivity index (χ4n) is 4.42. The van der Waals surface area contributed by atoms with E-state index in [0.29, 0.717) is 36.3 Å². The van der Waals surface area contributed by atoms with Crippen LogP contribution in [0, 0.1) is 28.6 Å². The molecule has 1 atom stereocenters. The van der Waals surface area contributed by atoms with Gasteiger partial charge in [-0.3, -0.25) is 31.0 Å².